The lowest BCUT2D eigenvalue weighted by Crippen LogP contribution is -2.33. The van der Waals surface area contributed by atoms with Crippen LogP contribution in [0.25, 0.3) is 5.69 Å². The summed E-state index contributed by atoms with van der Waals surface area (Å²) in [5.74, 6) is -2.39. The van der Waals surface area contributed by atoms with Crippen LogP contribution in [0.2, 0.25) is 0 Å². The number of benzene rings is 2. The van der Waals surface area contributed by atoms with Gasteiger partial charge in [0.1, 0.15) is 11.4 Å². The molecule has 12 heteroatoms. The maximum absolute atomic E-state index is 14.4. The number of carbonyl (C=O) groups is 1. The predicted molar refractivity (Wildman–Crippen MR) is 149 cm³/mol. The van der Waals surface area contributed by atoms with Gasteiger partial charge in [0.2, 0.25) is 0 Å². The minimum atomic E-state index is -0.979. The molecule has 40 heavy (non-hydrogen) atoms. The van der Waals surface area contributed by atoms with Gasteiger partial charge < -0.3 is 20.7 Å². The number of aromatic nitrogens is 2. The standard InChI is InChI=1S/C28H31F2N7O3/c1-16-13-35(14-21(16)31)26-17(2)24(36(32-3)18-11-12-40-15-18)9-7-22(26)33-28(39)23-8-10-25(38)37(34-23)27-19(29)5-4-6-20(27)30/h4-10,16,18,21H,3,11-15,31H2,1-2H3,(H,33,39)/t16-,18+,21-/m0/s1. The Hall–Kier alpha value is -4.16. The van der Waals surface area contributed by atoms with Crippen LogP contribution in [0.5, 0.6) is 0 Å². The fourth-order valence-corrected chi connectivity index (χ4v) is 5.29. The van der Waals surface area contributed by atoms with E-state index >= 15 is 0 Å². The number of amides is 1. The summed E-state index contributed by atoms with van der Waals surface area (Å²) in [5.41, 5.74) is 7.67. The lowest BCUT2D eigenvalue weighted by Gasteiger charge is -2.31. The van der Waals surface area contributed by atoms with E-state index in [1.807, 2.05) is 18.0 Å². The molecule has 0 unspecified atom stereocenters. The molecule has 2 fully saturated rings. The van der Waals surface area contributed by atoms with E-state index in [0.29, 0.717) is 36.7 Å². The molecule has 10 nitrogen and oxygen atoms in total. The Bertz CT molecular complexity index is 1480. The van der Waals surface area contributed by atoms with E-state index in [2.05, 4.69) is 34.1 Å². The van der Waals surface area contributed by atoms with Crippen molar-refractivity contribution in [3.63, 3.8) is 0 Å². The van der Waals surface area contributed by atoms with Gasteiger partial charge in [0.15, 0.2) is 11.6 Å². The van der Waals surface area contributed by atoms with Crippen molar-refractivity contribution in [1.29, 1.82) is 0 Å². The molecule has 0 aliphatic carbocycles. The normalized spacial score (nSPS) is 20.5. The van der Waals surface area contributed by atoms with Crippen LogP contribution in [0.3, 0.4) is 0 Å². The van der Waals surface area contributed by atoms with E-state index in [9.17, 15) is 18.4 Å². The van der Waals surface area contributed by atoms with Gasteiger partial charge in [-0.15, -0.1) is 0 Å². The van der Waals surface area contributed by atoms with Gasteiger partial charge in [0.05, 0.1) is 29.7 Å². The number of hydrazone groups is 1. The first-order valence-corrected chi connectivity index (χ1v) is 13.0. The second-order valence-electron chi connectivity index (χ2n) is 10.1. The van der Waals surface area contributed by atoms with E-state index in [-0.39, 0.29) is 23.7 Å². The number of nitrogens with zero attached hydrogens (tertiary/aromatic N) is 5. The second-order valence-corrected chi connectivity index (χ2v) is 10.1. The van der Waals surface area contributed by atoms with Crippen molar-refractivity contribution >= 4 is 29.7 Å². The molecule has 1 amide bonds. The van der Waals surface area contributed by atoms with Gasteiger partial charge >= 0.3 is 0 Å². The van der Waals surface area contributed by atoms with E-state index in [1.165, 1.54) is 12.1 Å². The molecule has 0 spiro atoms. The summed E-state index contributed by atoms with van der Waals surface area (Å²) < 4.78 is 34.9. The second kappa shape index (κ2) is 11.1. The van der Waals surface area contributed by atoms with E-state index < -0.39 is 28.8 Å². The van der Waals surface area contributed by atoms with Crippen molar-refractivity contribution in [2.24, 2.45) is 16.8 Å². The number of hydrogen-bond donors (Lipinski definition) is 2. The summed E-state index contributed by atoms with van der Waals surface area (Å²) in [5, 5.41) is 13.0. The average molecular weight is 552 g/mol. The molecule has 3 aromatic rings. The van der Waals surface area contributed by atoms with Crippen molar-refractivity contribution < 1.29 is 18.3 Å². The summed E-state index contributed by atoms with van der Waals surface area (Å²) in [6.45, 7) is 10.2. The van der Waals surface area contributed by atoms with Crippen molar-refractivity contribution in [2.45, 2.75) is 32.4 Å². The number of para-hydroxylation sites is 1. The third-order valence-electron chi connectivity index (χ3n) is 7.47. The first kappa shape index (κ1) is 27.4. The minimum Gasteiger partial charge on any atom is -0.379 e. The lowest BCUT2D eigenvalue weighted by molar-refractivity contribution is 0.102. The van der Waals surface area contributed by atoms with Gasteiger partial charge in [-0.1, -0.05) is 13.0 Å². The monoisotopic (exact) mass is 551 g/mol. The molecule has 3 atom stereocenters. The maximum Gasteiger partial charge on any atom is 0.276 e. The van der Waals surface area contributed by atoms with Crippen molar-refractivity contribution in [1.82, 2.24) is 9.78 Å². The van der Waals surface area contributed by atoms with Crippen molar-refractivity contribution in [3.8, 4) is 5.69 Å². The summed E-state index contributed by atoms with van der Waals surface area (Å²) >= 11 is 0. The highest BCUT2D eigenvalue weighted by Crippen LogP contribution is 2.40. The van der Waals surface area contributed by atoms with Gasteiger partial charge in [0.25, 0.3) is 11.5 Å². The molecular formula is C28H31F2N7O3. The number of nitrogens with one attached hydrogen (secondary N) is 1. The SMILES string of the molecule is C=NN(c1ccc(NC(=O)c2ccc(=O)n(-c3c(F)cccc3F)n2)c(N2C[C@H](C)[C@@H](N)C2)c1C)[C@@H]1CCOC1. The zero-order chi connectivity index (χ0) is 28.6. The summed E-state index contributed by atoms with van der Waals surface area (Å²) in [6, 6.07) is 9.06. The van der Waals surface area contributed by atoms with E-state index in [1.54, 1.807) is 6.07 Å². The highest BCUT2D eigenvalue weighted by Gasteiger charge is 2.32. The molecule has 2 saturated heterocycles. The van der Waals surface area contributed by atoms with Crippen molar-refractivity contribution in [2.75, 3.05) is 41.5 Å². The minimum absolute atomic E-state index is 0.0354. The largest absolute Gasteiger partial charge is 0.379 e. The number of anilines is 3. The van der Waals surface area contributed by atoms with Gasteiger partial charge in [-0.3, -0.25) is 14.6 Å². The number of halogens is 2. The Morgan fingerprint density at radius 1 is 1.18 bits per heavy atom. The number of hydrogen-bond acceptors (Lipinski definition) is 8. The molecule has 0 bridgehead atoms. The molecule has 2 aliphatic rings. The lowest BCUT2D eigenvalue weighted by atomic mass is 10.1. The molecule has 3 N–H and O–H groups in total. The molecule has 5 rings (SSSR count). The number of ether oxygens (including phenoxy) is 1. The molecule has 3 heterocycles. The van der Waals surface area contributed by atoms with Gasteiger partial charge in [-0.25, -0.2) is 8.78 Å². The Morgan fingerprint density at radius 2 is 1.93 bits per heavy atom. The molecular weight excluding hydrogens is 520 g/mol. The quantitative estimate of drug-likeness (QED) is 0.342. The Morgan fingerprint density at radius 3 is 2.55 bits per heavy atom. The number of carbonyl (C=O) groups excluding carboxylic acids is 1. The maximum atomic E-state index is 14.4. The molecule has 1 aromatic heterocycles. The van der Waals surface area contributed by atoms with Crippen LogP contribution in [0.15, 0.2) is 52.4 Å². The molecule has 0 radical (unpaired) electrons. The zero-order valence-electron chi connectivity index (χ0n) is 22.3. The first-order valence-electron chi connectivity index (χ1n) is 13.0. The number of nitrogens with two attached hydrogens (primary N) is 1. The third-order valence-corrected chi connectivity index (χ3v) is 7.47. The fraction of sp³-hybridized carbons (Fsp3) is 0.357. The van der Waals surface area contributed by atoms with Crippen LogP contribution in [-0.4, -0.2) is 60.8 Å². The summed E-state index contributed by atoms with van der Waals surface area (Å²) in [4.78, 5) is 27.9. The van der Waals surface area contributed by atoms with Crippen LogP contribution >= 0.6 is 0 Å². The number of rotatable bonds is 7. The first-order chi connectivity index (χ1) is 19.2. The van der Waals surface area contributed by atoms with Crippen LogP contribution in [-0.2, 0) is 4.74 Å². The highest BCUT2D eigenvalue weighted by molar-refractivity contribution is 6.05. The van der Waals surface area contributed by atoms with Gasteiger partial charge in [-0.2, -0.15) is 14.9 Å². The third kappa shape index (κ3) is 5.07. The smallest absolute Gasteiger partial charge is 0.276 e. The van der Waals surface area contributed by atoms with Crippen molar-refractivity contribution in [3.05, 3.63) is 75.7 Å². The topological polar surface area (TPSA) is 118 Å². The zero-order valence-corrected chi connectivity index (χ0v) is 22.3. The summed E-state index contributed by atoms with van der Waals surface area (Å²) in [7, 11) is 0. The molecule has 210 valence electrons. The predicted octanol–water partition coefficient (Wildman–Crippen LogP) is 3.07. The van der Waals surface area contributed by atoms with Crippen LogP contribution < -0.4 is 26.5 Å². The van der Waals surface area contributed by atoms with E-state index in [0.717, 1.165) is 41.6 Å². The molecule has 2 aromatic carbocycles. The highest BCUT2D eigenvalue weighted by atomic mass is 19.1. The van der Waals surface area contributed by atoms with Gasteiger partial charge in [0, 0.05) is 38.5 Å². The van der Waals surface area contributed by atoms with E-state index in [4.69, 9.17) is 10.5 Å². The Kier molecular flexibility index (Phi) is 7.63. The van der Waals surface area contributed by atoms with Crippen LogP contribution in [0, 0.1) is 24.5 Å². The molecule has 2 aliphatic heterocycles. The fourth-order valence-electron chi connectivity index (χ4n) is 5.29. The van der Waals surface area contributed by atoms with Crippen LogP contribution in [0.1, 0.15) is 29.4 Å². The Labute approximate surface area is 230 Å². The Balaban J connectivity index is 1.53. The van der Waals surface area contributed by atoms with Crippen LogP contribution in [0.4, 0.5) is 25.8 Å². The molecule has 0 saturated carbocycles. The van der Waals surface area contributed by atoms with Gasteiger partial charge in [-0.05, 0) is 55.2 Å². The summed E-state index contributed by atoms with van der Waals surface area (Å²) in [6.07, 6.45) is 0.807. The average Bonchev–Trinajstić information content (AvgIpc) is 3.56.